The maximum absolute atomic E-state index is 2.62. The van der Waals surface area contributed by atoms with E-state index in [4.69, 9.17) is 0 Å². The molecule has 0 aromatic heterocycles. The summed E-state index contributed by atoms with van der Waals surface area (Å²) in [5.41, 5.74) is 10.3. The fourth-order valence-corrected chi connectivity index (χ4v) is 9.91. The molecule has 2 aromatic carbocycles. The molecule has 5 aliphatic carbocycles. The van der Waals surface area contributed by atoms with Crippen molar-refractivity contribution in [3.8, 4) is 0 Å². The minimum atomic E-state index is 0. The molecule has 0 N–H and O–H groups in total. The van der Waals surface area contributed by atoms with Gasteiger partial charge in [-0.1, -0.05) is 113 Å². The van der Waals surface area contributed by atoms with Crippen molar-refractivity contribution in [1.82, 2.24) is 0 Å². The molecule has 0 saturated heterocycles. The number of rotatable bonds is 0. The zero-order valence-corrected chi connectivity index (χ0v) is 34.2. The Morgan fingerprint density at radius 3 is 2.02 bits per heavy atom. The molecule has 2 unspecified atom stereocenters. The third-order valence-corrected chi connectivity index (χ3v) is 14.3. The molecule has 2 fully saturated rings. The summed E-state index contributed by atoms with van der Waals surface area (Å²) < 4.78 is 1.81. The summed E-state index contributed by atoms with van der Waals surface area (Å²) in [6.45, 7) is 20.3. The third-order valence-electron chi connectivity index (χ3n) is 13.1. The van der Waals surface area contributed by atoms with Gasteiger partial charge in [-0.05, 0) is 40.6 Å². The van der Waals surface area contributed by atoms with Crippen molar-refractivity contribution in [2.75, 3.05) is 0 Å². The maximum atomic E-state index is 2.62. The van der Waals surface area contributed by atoms with E-state index in [9.17, 15) is 0 Å². The van der Waals surface area contributed by atoms with Crippen LogP contribution in [0.15, 0.2) is 83.5 Å². The van der Waals surface area contributed by atoms with Crippen molar-refractivity contribution >= 4 is 8.78 Å². The Morgan fingerprint density at radius 2 is 1.43 bits per heavy atom. The van der Waals surface area contributed by atoms with Crippen LogP contribution in [0.3, 0.4) is 0 Å². The molecule has 3 heteroatoms. The van der Waals surface area contributed by atoms with Gasteiger partial charge in [0.1, 0.15) is 0 Å². The second-order valence-corrected chi connectivity index (χ2v) is 17.0. The van der Waals surface area contributed by atoms with E-state index in [1.54, 1.807) is 52.4 Å². The van der Waals surface area contributed by atoms with Crippen LogP contribution in [0.25, 0.3) is 5.57 Å². The number of hydrogen-bond acceptors (Lipinski definition) is 0. The van der Waals surface area contributed by atoms with Gasteiger partial charge in [0.15, 0.2) is 0 Å². The van der Waals surface area contributed by atoms with Gasteiger partial charge in [-0.15, -0.1) is 6.92 Å². The summed E-state index contributed by atoms with van der Waals surface area (Å²) in [5, 5.41) is 0. The summed E-state index contributed by atoms with van der Waals surface area (Å²) >= 11 is 1.69. The first-order chi connectivity index (χ1) is 19.9. The van der Waals surface area contributed by atoms with Crippen LogP contribution in [0.1, 0.15) is 118 Å². The van der Waals surface area contributed by atoms with Gasteiger partial charge in [-0.3, -0.25) is 0 Å². The average Bonchev–Trinajstić information content (AvgIpc) is 3.61. The Bertz CT molecular complexity index is 1360. The number of fused-ring (bicyclic) bond motifs is 6. The number of halogens is 2. The van der Waals surface area contributed by atoms with E-state index in [0.29, 0.717) is 5.92 Å². The Morgan fingerprint density at radius 1 is 0.818 bits per heavy atom. The van der Waals surface area contributed by atoms with Gasteiger partial charge >= 0.3 is 66.0 Å². The van der Waals surface area contributed by atoms with Crippen molar-refractivity contribution < 1.29 is 58.2 Å². The Kier molecular flexibility index (Phi) is 12.6. The molecular formula is C41H54Br2Zr-2. The smallest absolute Gasteiger partial charge is 0.172 e. The second-order valence-electron chi connectivity index (χ2n) is 15.2. The van der Waals surface area contributed by atoms with E-state index in [-0.39, 0.29) is 55.6 Å². The quantitative estimate of drug-likeness (QED) is 0.247. The zero-order chi connectivity index (χ0) is 30.3. The molecule has 0 aliphatic heterocycles. The van der Waals surface area contributed by atoms with E-state index >= 15 is 0 Å². The predicted octanol–water partition coefficient (Wildman–Crippen LogP) is 5.44. The van der Waals surface area contributed by atoms with Crippen LogP contribution in [-0.2, 0) is 30.7 Å². The van der Waals surface area contributed by atoms with E-state index in [2.05, 4.69) is 91.8 Å². The molecule has 238 valence electrons. The van der Waals surface area contributed by atoms with Crippen molar-refractivity contribution in [3.05, 3.63) is 101 Å². The monoisotopic (exact) mass is 794 g/mol. The van der Waals surface area contributed by atoms with Crippen LogP contribution in [-0.4, -0.2) is 3.21 Å². The van der Waals surface area contributed by atoms with Gasteiger partial charge < -0.3 is 34.0 Å². The van der Waals surface area contributed by atoms with Crippen LogP contribution in [0.4, 0.5) is 0 Å². The first kappa shape index (κ1) is 37.8. The Balaban J connectivity index is 0.000000293. The zero-order valence-electron chi connectivity index (χ0n) is 28.5. The van der Waals surface area contributed by atoms with Gasteiger partial charge in [0, 0.05) is 0 Å². The fourth-order valence-electron chi connectivity index (χ4n) is 9.04. The first-order valence-corrected chi connectivity index (χ1v) is 17.9. The molecule has 7 rings (SSSR count). The summed E-state index contributed by atoms with van der Waals surface area (Å²) in [7, 11) is 0. The molecule has 0 amide bonds. The SMILES string of the molecule is C[C-]1C2=C3Cc4ccccc4C3=C3C=CCCC3C2(C)C(C)(C)C(C)(C)C1(C)C.[Br-].[Br-].[Zr+2]=[C]1CCCCCC1.c1cc[cH-]c1. The molecule has 0 radical (unpaired) electrons. The molecule has 2 atom stereocenters. The minimum absolute atomic E-state index is 0. The van der Waals surface area contributed by atoms with Crippen molar-refractivity contribution in [3.63, 3.8) is 0 Å². The molecule has 0 nitrogen and oxygen atoms in total. The van der Waals surface area contributed by atoms with E-state index < -0.39 is 0 Å². The normalized spacial score (nSPS) is 27.0. The van der Waals surface area contributed by atoms with Crippen LogP contribution in [0, 0.1) is 33.5 Å². The van der Waals surface area contributed by atoms with E-state index in [1.165, 1.54) is 62.5 Å². The fraction of sp³-hybridized carbons (Fsp3) is 0.537. The molecular weight excluding hydrogens is 743 g/mol. The topological polar surface area (TPSA) is 0 Å². The maximum Gasteiger partial charge on any atom is -0.172 e. The standard InChI is InChI=1S/C29H37.C7H12.C5H5.2BrH.Zr/c1-18-25-22-17-19-13-9-10-14-20(19)24(22)21-15-11-12-16-23(21)29(25,8)28(6,7)27(4,5)26(18,2)3;1-2-4-6-7-5-3-1;1-2-4-5-3-1;;;/h9-11,13-15,23H,12,16-17H2,1-8H3;1-6H2;1-5H;2*1H;/q-1;;-1;;;+2/p-2. The Hall–Kier alpha value is -0.627. The molecule has 0 bridgehead atoms. The molecule has 0 spiro atoms. The van der Waals surface area contributed by atoms with Crippen LogP contribution < -0.4 is 34.0 Å². The van der Waals surface area contributed by atoms with E-state index in [1.807, 2.05) is 33.5 Å². The van der Waals surface area contributed by atoms with Gasteiger partial charge in [-0.25, -0.2) is 18.1 Å². The molecule has 0 heterocycles. The number of hydrogen-bond donors (Lipinski definition) is 0. The summed E-state index contributed by atoms with van der Waals surface area (Å²) in [6.07, 6.45) is 17.3. The number of benzene rings is 1. The molecule has 2 saturated carbocycles. The van der Waals surface area contributed by atoms with Crippen LogP contribution in [0.5, 0.6) is 0 Å². The molecule has 44 heavy (non-hydrogen) atoms. The third kappa shape index (κ3) is 6.19. The molecule has 5 aliphatic rings. The van der Waals surface area contributed by atoms with Gasteiger partial charge in [-0.2, -0.15) is 29.3 Å². The van der Waals surface area contributed by atoms with Crippen molar-refractivity contribution in [2.45, 2.75) is 113 Å². The summed E-state index contributed by atoms with van der Waals surface area (Å²) in [6, 6.07) is 19.2. The second kappa shape index (κ2) is 14.6. The van der Waals surface area contributed by atoms with Crippen molar-refractivity contribution in [1.29, 1.82) is 0 Å². The Labute approximate surface area is 305 Å². The number of allylic oxidation sites excluding steroid dienone is 6. The van der Waals surface area contributed by atoms with Gasteiger partial charge in [0.2, 0.25) is 0 Å². The summed E-state index contributed by atoms with van der Waals surface area (Å²) in [4.78, 5) is 0. The van der Waals surface area contributed by atoms with E-state index in [0.717, 1.165) is 6.42 Å². The molecule has 2 aromatic rings. The minimum Gasteiger partial charge on any atom is -0.214 e. The van der Waals surface area contributed by atoms with Gasteiger partial charge in [0.25, 0.3) is 0 Å². The van der Waals surface area contributed by atoms with Crippen molar-refractivity contribution in [2.24, 2.45) is 27.6 Å². The first-order valence-electron chi connectivity index (χ1n) is 16.7. The summed E-state index contributed by atoms with van der Waals surface area (Å²) in [5.74, 6) is 2.24. The van der Waals surface area contributed by atoms with Gasteiger partial charge in [0.05, 0.1) is 0 Å². The predicted molar refractivity (Wildman–Crippen MR) is 179 cm³/mol. The largest absolute Gasteiger partial charge is 0.214 e. The average molecular weight is 798 g/mol. The van der Waals surface area contributed by atoms with Crippen LogP contribution in [0.2, 0.25) is 0 Å². The van der Waals surface area contributed by atoms with Crippen LogP contribution >= 0.6 is 0 Å².